The van der Waals surface area contributed by atoms with Crippen LogP contribution in [0.5, 0.6) is 0 Å². The third-order valence-corrected chi connectivity index (χ3v) is 2.71. The third-order valence-electron chi connectivity index (χ3n) is 2.71. The van der Waals surface area contributed by atoms with E-state index >= 15 is 0 Å². The van der Waals surface area contributed by atoms with Crippen LogP contribution in [0.2, 0.25) is 0 Å². The lowest BCUT2D eigenvalue weighted by Gasteiger charge is -2.31. The van der Waals surface area contributed by atoms with Crippen molar-refractivity contribution in [2.45, 2.75) is 18.9 Å². The summed E-state index contributed by atoms with van der Waals surface area (Å²) in [6.45, 7) is 4.36. The van der Waals surface area contributed by atoms with Gasteiger partial charge in [-0.15, -0.1) is 0 Å². The number of aliphatic imine (C=N–C) groups is 1. The molecule has 2 unspecified atom stereocenters. The van der Waals surface area contributed by atoms with Crippen molar-refractivity contribution in [3.8, 4) is 0 Å². The van der Waals surface area contributed by atoms with Crippen LogP contribution in [0.1, 0.15) is 12.8 Å². The van der Waals surface area contributed by atoms with Crippen LogP contribution in [0, 0.1) is 5.92 Å². The molecule has 0 aliphatic carbocycles. The lowest BCUT2D eigenvalue weighted by Crippen LogP contribution is -2.52. The first-order chi connectivity index (χ1) is 5.97. The maximum absolute atomic E-state index is 4.34. The third kappa shape index (κ3) is 1.84. The second kappa shape index (κ2) is 4.01. The zero-order valence-electron chi connectivity index (χ0n) is 7.42. The summed E-state index contributed by atoms with van der Waals surface area (Å²) in [6.07, 6.45) is 4.72. The first kappa shape index (κ1) is 8.20. The molecule has 0 bridgehead atoms. The highest BCUT2D eigenvalue weighted by Crippen LogP contribution is 2.14. The van der Waals surface area contributed by atoms with Crippen LogP contribution in [-0.4, -0.2) is 38.4 Å². The fourth-order valence-corrected chi connectivity index (χ4v) is 1.99. The number of rotatable bonds is 1. The van der Waals surface area contributed by atoms with E-state index in [1.165, 1.54) is 12.8 Å². The number of hydrogen-bond donors (Lipinski definition) is 2. The van der Waals surface area contributed by atoms with Crippen LogP contribution in [0.3, 0.4) is 0 Å². The summed E-state index contributed by atoms with van der Waals surface area (Å²) in [5.41, 5.74) is 0. The molecule has 1 saturated heterocycles. The molecule has 2 atom stereocenters. The van der Waals surface area contributed by atoms with Gasteiger partial charge in [-0.05, 0) is 12.8 Å². The molecule has 2 heterocycles. The van der Waals surface area contributed by atoms with E-state index in [-0.39, 0.29) is 0 Å². The van der Waals surface area contributed by atoms with Gasteiger partial charge < -0.3 is 10.6 Å². The predicted molar refractivity (Wildman–Crippen MR) is 50.7 cm³/mol. The van der Waals surface area contributed by atoms with Crippen molar-refractivity contribution in [3.05, 3.63) is 0 Å². The van der Waals surface area contributed by atoms with Gasteiger partial charge in [0.05, 0.1) is 0 Å². The largest absolute Gasteiger partial charge is 0.314 e. The molecule has 2 N–H and O–H groups in total. The van der Waals surface area contributed by atoms with Gasteiger partial charge in [0.25, 0.3) is 0 Å². The summed E-state index contributed by atoms with van der Waals surface area (Å²) in [5, 5.41) is 6.94. The SMILES string of the molecule is C1=NCCCC1C1CNCCN1. The Kier molecular flexibility index (Phi) is 2.74. The summed E-state index contributed by atoms with van der Waals surface area (Å²) in [7, 11) is 0. The van der Waals surface area contributed by atoms with E-state index in [1.54, 1.807) is 0 Å². The molecule has 0 aromatic heterocycles. The van der Waals surface area contributed by atoms with Gasteiger partial charge >= 0.3 is 0 Å². The molecule has 1 fully saturated rings. The molecule has 0 spiro atoms. The highest BCUT2D eigenvalue weighted by atomic mass is 15.1. The molecule has 2 aliphatic heterocycles. The quantitative estimate of drug-likeness (QED) is 0.578. The molecule has 0 aromatic carbocycles. The Hall–Kier alpha value is -0.410. The van der Waals surface area contributed by atoms with Crippen LogP contribution >= 0.6 is 0 Å². The lowest BCUT2D eigenvalue weighted by molar-refractivity contribution is 0.345. The first-order valence-corrected chi connectivity index (χ1v) is 4.91. The summed E-state index contributed by atoms with van der Waals surface area (Å²) >= 11 is 0. The van der Waals surface area contributed by atoms with Crippen molar-refractivity contribution in [2.75, 3.05) is 26.2 Å². The van der Waals surface area contributed by atoms with Crippen molar-refractivity contribution in [3.63, 3.8) is 0 Å². The van der Waals surface area contributed by atoms with Crippen LogP contribution in [-0.2, 0) is 0 Å². The molecule has 12 heavy (non-hydrogen) atoms. The smallest absolute Gasteiger partial charge is 0.0385 e. The number of piperazine rings is 1. The standard InChI is InChI=1S/C9H17N3/c1-2-8(6-10-3-1)9-7-11-4-5-12-9/h6,8-9,11-12H,1-5,7H2. The van der Waals surface area contributed by atoms with Gasteiger partial charge in [0.15, 0.2) is 0 Å². The second-order valence-corrected chi connectivity index (χ2v) is 3.63. The molecule has 3 nitrogen and oxygen atoms in total. The number of nitrogens with zero attached hydrogens (tertiary/aromatic N) is 1. The average molecular weight is 167 g/mol. The van der Waals surface area contributed by atoms with Crippen molar-refractivity contribution in [1.29, 1.82) is 0 Å². The van der Waals surface area contributed by atoms with Gasteiger partial charge in [-0.2, -0.15) is 0 Å². The minimum atomic E-state index is 0.628. The van der Waals surface area contributed by atoms with Crippen molar-refractivity contribution in [1.82, 2.24) is 10.6 Å². The van der Waals surface area contributed by atoms with E-state index < -0.39 is 0 Å². The normalized spacial score (nSPS) is 36.7. The fraction of sp³-hybridized carbons (Fsp3) is 0.889. The molecule has 68 valence electrons. The summed E-state index contributed by atoms with van der Waals surface area (Å²) in [5.74, 6) is 0.673. The Labute approximate surface area is 73.6 Å². The molecule has 2 rings (SSSR count). The highest BCUT2D eigenvalue weighted by molar-refractivity contribution is 5.62. The van der Waals surface area contributed by atoms with Crippen molar-refractivity contribution in [2.24, 2.45) is 10.9 Å². The van der Waals surface area contributed by atoms with Gasteiger partial charge in [0, 0.05) is 44.4 Å². The molecule has 0 radical (unpaired) electrons. The van der Waals surface area contributed by atoms with Gasteiger partial charge in [-0.3, -0.25) is 4.99 Å². The van der Waals surface area contributed by atoms with E-state index in [1.807, 2.05) is 0 Å². The molecule has 3 heteroatoms. The maximum atomic E-state index is 4.34. The van der Waals surface area contributed by atoms with Gasteiger partial charge in [0.2, 0.25) is 0 Å². The van der Waals surface area contributed by atoms with E-state index in [9.17, 15) is 0 Å². The molecule has 0 amide bonds. The Morgan fingerprint density at radius 1 is 1.33 bits per heavy atom. The lowest BCUT2D eigenvalue weighted by atomic mass is 9.93. The summed E-state index contributed by atoms with van der Waals surface area (Å²) in [6, 6.07) is 0.628. The zero-order valence-corrected chi connectivity index (χ0v) is 7.42. The number of nitrogens with one attached hydrogen (secondary N) is 2. The molecule has 0 aromatic rings. The van der Waals surface area contributed by atoms with Gasteiger partial charge in [-0.1, -0.05) is 0 Å². The van der Waals surface area contributed by atoms with Crippen LogP contribution in [0.25, 0.3) is 0 Å². The Morgan fingerprint density at radius 3 is 3.00 bits per heavy atom. The predicted octanol–water partition coefficient (Wildman–Crippen LogP) is 0.0286. The number of hydrogen-bond acceptors (Lipinski definition) is 3. The van der Waals surface area contributed by atoms with E-state index in [0.29, 0.717) is 12.0 Å². The topological polar surface area (TPSA) is 36.4 Å². The van der Waals surface area contributed by atoms with Gasteiger partial charge in [-0.25, -0.2) is 0 Å². The highest BCUT2D eigenvalue weighted by Gasteiger charge is 2.22. The Balaban J connectivity index is 1.88. The van der Waals surface area contributed by atoms with Crippen LogP contribution in [0.4, 0.5) is 0 Å². The molecular weight excluding hydrogens is 150 g/mol. The fourth-order valence-electron chi connectivity index (χ4n) is 1.99. The summed E-state index contributed by atoms with van der Waals surface area (Å²) < 4.78 is 0. The molecule has 2 aliphatic rings. The molecule has 0 saturated carbocycles. The van der Waals surface area contributed by atoms with E-state index in [4.69, 9.17) is 0 Å². The first-order valence-electron chi connectivity index (χ1n) is 4.91. The van der Waals surface area contributed by atoms with Crippen LogP contribution < -0.4 is 10.6 Å². The molecular formula is C9H17N3. The monoisotopic (exact) mass is 167 g/mol. The van der Waals surface area contributed by atoms with Crippen molar-refractivity contribution < 1.29 is 0 Å². The van der Waals surface area contributed by atoms with E-state index in [2.05, 4.69) is 21.8 Å². The average Bonchev–Trinajstić information content (AvgIpc) is 2.21. The van der Waals surface area contributed by atoms with Crippen LogP contribution in [0.15, 0.2) is 4.99 Å². The van der Waals surface area contributed by atoms with Crippen molar-refractivity contribution >= 4 is 6.21 Å². The van der Waals surface area contributed by atoms with Gasteiger partial charge in [0.1, 0.15) is 0 Å². The second-order valence-electron chi connectivity index (χ2n) is 3.63. The summed E-state index contributed by atoms with van der Waals surface area (Å²) in [4.78, 5) is 4.34. The minimum Gasteiger partial charge on any atom is -0.314 e. The Morgan fingerprint density at radius 2 is 2.33 bits per heavy atom. The Bertz CT molecular complexity index is 161. The zero-order chi connectivity index (χ0) is 8.23. The minimum absolute atomic E-state index is 0.628. The maximum Gasteiger partial charge on any atom is 0.0385 e. The van der Waals surface area contributed by atoms with E-state index in [0.717, 1.165) is 26.2 Å².